The molecule has 0 radical (unpaired) electrons. The summed E-state index contributed by atoms with van der Waals surface area (Å²) in [7, 11) is 0. The summed E-state index contributed by atoms with van der Waals surface area (Å²) in [5.74, 6) is -8.63. The highest BCUT2D eigenvalue weighted by atomic mass is 16.4. The van der Waals surface area contributed by atoms with Crippen molar-refractivity contribution in [2.75, 3.05) is 19.6 Å². The van der Waals surface area contributed by atoms with Gasteiger partial charge < -0.3 is 68.7 Å². The third kappa shape index (κ3) is 17.9. The van der Waals surface area contributed by atoms with Crippen LogP contribution < -0.4 is 48.7 Å². The molecule has 470 valence electrons. The Bertz CT molecular complexity index is 2940. The van der Waals surface area contributed by atoms with Gasteiger partial charge in [0.1, 0.15) is 48.3 Å². The highest BCUT2D eigenvalue weighted by Gasteiger charge is 2.47. The molecule has 0 spiro atoms. The molecule has 4 heterocycles. The van der Waals surface area contributed by atoms with E-state index >= 15 is 0 Å². The predicted octanol–water partition coefficient (Wildman–Crippen LogP) is -0.939. The smallest absolute Gasteiger partial charge is 0.305 e. The van der Waals surface area contributed by atoms with Gasteiger partial charge in [-0.05, 0) is 94.2 Å². The van der Waals surface area contributed by atoms with Gasteiger partial charge >= 0.3 is 5.97 Å². The summed E-state index contributed by atoms with van der Waals surface area (Å²) in [5, 5.41) is 39.4. The summed E-state index contributed by atoms with van der Waals surface area (Å²) in [4.78, 5) is 155. The predicted molar refractivity (Wildman–Crippen MR) is 318 cm³/mol. The minimum Gasteiger partial charge on any atom is -0.481 e. The highest BCUT2D eigenvalue weighted by molar-refractivity contribution is 5.98. The number of nitrogens with zero attached hydrogens (tertiary/aromatic N) is 3. The van der Waals surface area contributed by atoms with Crippen LogP contribution in [0.15, 0.2) is 91.0 Å². The molecule has 13 N–H and O–H groups in total. The highest BCUT2D eigenvalue weighted by Crippen LogP contribution is 2.34. The van der Waals surface area contributed by atoms with Crippen molar-refractivity contribution in [1.29, 1.82) is 0 Å². The van der Waals surface area contributed by atoms with Crippen molar-refractivity contribution in [2.45, 2.75) is 183 Å². The zero-order valence-corrected chi connectivity index (χ0v) is 49.7. The Kier molecular flexibility index (Phi) is 23.5. The fraction of sp³-hybridized carbons (Fsp3) is 0.532. The number of likely N-dealkylation sites (tertiary alicyclic amines) is 2. The molecule has 10 amide bonds. The lowest BCUT2D eigenvalue weighted by Gasteiger charge is -2.40. The number of aliphatic hydroxyl groups excluding tert-OH is 1. The number of aliphatic carboxylic acids is 1. The van der Waals surface area contributed by atoms with Crippen molar-refractivity contribution < 1.29 is 63.0 Å². The third-order valence-corrected chi connectivity index (χ3v) is 16.8. The normalized spacial score (nSPS) is 21.9. The van der Waals surface area contributed by atoms with E-state index in [9.17, 15) is 63.0 Å². The summed E-state index contributed by atoms with van der Waals surface area (Å²) in [6.45, 7) is 6.74. The van der Waals surface area contributed by atoms with Gasteiger partial charge in [-0.25, -0.2) is 0 Å². The van der Waals surface area contributed by atoms with Gasteiger partial charge in [0.25, 0.3) is 0 Å². The van der Waals surface area contributed by atoms with Gasteiger partial charge in [-0.3, -0.25) is 57.6 Å². The van der Waals surface area contributed by atoms with Crippen LogP contribution in [0.5, 0.6) is 0 Å². The van der Waals surface area contributed by atoms with Gasteiger partial charge in [-0.2, -0.15) is 0 Å². The Morgan fingerprint density at radius 3 is 1.63 bits per heavy atom. The van der Waals surface area contributed by atoms with Crippen molar-refractivity contribution in [3.63, 3.8) is 0 Å². The number of aliphatic hydroxyl groups is 1. The van der Waals surface area contributed by atoms with Crippen molar-refractivity contribution in [3.8, 4) is 0 Å². The van der Waals surface area contributed by atoms with Crippen LogP contribution in [0.4, 0.5) is 0 Å². The number of rotatable bonds is 27. The molecule has 3 aromatic carbocycles. The maximum absolute atomic E-state index is 14.6. The minimum atomic E-state index is -1.69. The van der Waals surface area contributed by atoms with Gasteiger partial charge in [0.2, 0.25) is 59.1 Å². The number of piperidine rings is 1. The number of nitrogens with two attached hydrogens (primary N) is 2. The molecular formula is C62H84N12O13. The van der Waals surface area contributed by atoms with E-state index in [1.54, 1.807) is 68.4 Å². The van der Waals surface area contributed by atoms with E-state index < -0.39 is 144 Å². The van der Waals surface area contributed by atoms with Crippen LogP contribution in [0.25, 0.3) is 0 Å². The fourth-order valence-corrected chi connectivity index (χ4v) is 12.0. The number of fused-ring (bicyclic) bond motifs is 1. The largest absolute Gasteiger partial charge is 0.481 e. The van der Waals surface area contributed by atoms with Crippen molar-refractivity contribution >= 4 is 65.0 Å². The van der Waals surface area contributed by atoms with E-state index in [0.717, 1.165) is 11.1 Å². The molecule has 3 aromatic rings. The first kappa shape index (κ1) is 66.2. The van der Waals surface area contributed by atoms with E-state index in [2.05, 4.69) is 37.2 Å². The molecule has 4 saturated heterocycles. The van der Waals surface area contributed by atoms with Crippen LogP contribution in [0, 0.1) is 5.92 Å². The van der Waals surface area contributed by atoms with Gasteiger partial charge in [-0.15, -0.1) is 0 Å². The minimum absolute atomic E-state index is 0.0458. The van der Waals surface area contributed by atoms with Crippen LogP contribution in [-0.4, -0.2) is 188 Å². The number of primary amides is 1. The molecule has 0 aliphatic carbocycles. The van der Waals surface area contributed by atoms with E-state index in [-0.39, 0.29) is 57.3 Å². The van der Waals surface area contributed by atoms with Gasteiger partial charge in [0.05, 0.1) is 24.6 Å². The molecule has 25 nitrogen and oxygen atoms in total. The summed E-state index contributed by atoms with van der Waals surface area (Å²) >= 11 is 0. The average Bonchev–Trinajstić information content (AvgIpc) is 1.94. The monoisotopic (exact) mass is 1200 g/mol. The molecule has 0 unspecified atom stereocenters. The molecule has 13 atom stereocenters. The average molecular weight is 1210 g/mol. The second-order valence-electron chi connectivity index (χ2n) is 23.7. The number of hydrogen-bond acceptors (Lipinski definition) is 14. The molecule has 87 heavy (non-hydrogen) atoms. The molecule has 0 aromatic heterocycles. The first-order valence-corrected chi connectivity index (χ1v) is 30.0. The zero-order chi connectivity index (χ0) is 63.1. The van der Waals surface area contributed by atoms with Crippen LogP contribution in [-0.2, 0) is 72.0 Å². The lowest BCUT2D eigenvalue weighted by molar-refractivity contribution is -0.144. The Hall–Kier alpha value is -8.29. The van der Waals surface area contributed by atoms with E-state index in [0.29, 0.717) is 50.5 Å². The number of hydrogen-bond donors (Lipinski definition) is 11. The zero-order valence-electron chi connectivity index (χ0n) is 49.7. The first-order valence-electron chi connectivity index (χ1n) is 30.0. The molecular weight excluding hydrogens is 1120 g/mol. The summed E-state index contributed by atoms with van der Waals surface area (Å²) in [6, 6.07) is 14.9. The standard InChI is InChI=1S/C62H84N12O13/c1-35(2)51(70-55(80)43(63)30-38-16-8-5-9-17-38)62(87)73-29-15-23-48(73)59(84)71-52(37(4)75)60(85)69-46(33-50(76)77)57(82)66-41-24-25-42-26-27-49(74(42)34-41)61(86)72-28-14-22-47(72)58(83)68-45(32-40-20-12-7-13-21-40)56(81)65-36(3)54(79)67-44(53(64)78)31-39-18-10-6-11-19-39/h5-13,16-21,35-37,41-49,51-52,75H,14-15,22-34,63H2,1-4H3,(H2,64,78)(H,65,81)(H,66,82)(H,67,79)(H,68,83)(H,69,85)(H,70,80)(H,71,84)(H,76,77)/t36-,37+,41-,42-,43-,44-,45-,46-,47-,48+,49-,51-,52-/m0/s1. The van der Waals surface area contributed by atoms with Gasteiger partial charge in [0.15, 0.2) is 0 Å². The quantitative estimate of drug-likeness (QED) is 0.0439. The van der Waals surface area contributed by atoms with Gasteiger partial charge in [-0.1, -0.05) is 105 Å². The molecule has 0 bridgehead atoms. The third-order valence-electron chi connectivity index (χ3n) is 16.8. The number of amides is 10. The number of benzene rings is 3. The SMILES string of the molecule is CC(C)[C@H](NC(=O)[C@@H](N)Cc1ccccc1)C(=O)N1CCC[C@@H]1C(=O)N[C@H](C(=O)N[C@@H](CC(=O)O)C(=O)N[C@H]1CC[C@H]2CC[C@@H](C(=O)N3CCC[C@H]3C(=O)N[C@@H](Cc3ccccc3)C(=O)N[C@@H](C)C(=O)N[C@@H](Cc3ccccc3)C(N)=O)N2C1)[C@@H](C)O. The molecule has 25 heteroatoms. The molecule has 7 rings (SSSR count). The lowest BCUT2D eigenvalue weighted by atomic mass is 9.98. The Balaban J connectivity index is 0.948. The molecule has 4 aliphatic heterocycles. The maximum atomic E-state index is 14.6. The second kappa shape index (κ2) is 30.9. The molecule has 0 saturated carbocycles. The fourth-order valence-electron chi connectivity index (χ4n) is 12.0. The van der Waals surface area contributed by atoms with E-state index in [1.165, 1.54) is 23.6 Å². The second-order valence-corrected chi connectivity index (χ2v) is 23.7. The number of carbonyl (C=O) groups is 11. The van der Waals surface area contributed by atoms with Crippen molar-refractivity contribution in [3.05, 3.63) is 108 Å². The number of carboxylic acids is 1. The number of carbonyl (C=O) groups excluding carboxylic acids is 10. The topological polar surface area (TPSA) is 374 Å². The van der Waals surface area contributed by atoms with Gasteiger partial charge in [0, 0.05) is 44.6 Å². The van der Waals surface area contributed by atoms with E-state index in [4.69, 9.17) is 11.5 Å². The van der Waals surface area contributed by atoms with E-state index in [1.807, 2.05) is 41.3 Å². The van der Waals surface area contributed by atoms with Crippen molar-refractivity contribution in [1.82, 2.24) is 51.9 Å². The van der Waals surface area contributed by atoms with Crippen LogP contribution in [0.2, 0.25) is 0 Å². The van der Waals surface area contributed by atoms with Crippen molar-refractivity contribution in [2.24, 2.45) is 17.4 Å². The summed E-state index contributed by atoms with van der Waals surface area (Å²) < 4.78 is 0. The van der Waals surface area contributed by atoms with Crippen LogP contribution in [0.3, 0.4) is 0 Å². The summed E-state index contributed by atoms with van der Waals surface area (Å²) in [5.41, 5.74) is 14.2. The molecule has 4 aliphatic rings. The maximum Gasteiger partial charge on any atom is 0.305 e. The number of carboxylic acid groups (broad SMARTS) is 1. The lowest BCUT2D eigenvalue weighted by Crippen LogP contribution is -2.62. The number of nitrogens with one attached hydrogen (secondary N) is 7. The Morgan fingerprint density at radius 1 is 0.540 bits per heavy atom. The Morgan fingerprint density at radius 2 is 1.07 bits per heavy atom. The first-order chi connectivity index (χ1) is 41.5. The molecule has 4 fully saturated rings. The van der Waals surface area contributed by atoms with Crippen LogP contribution >= 0.6 is 0 Å². The Labute approximate surface area is 506 Å². The van der Waals surface area contributed by atoms with Crippen LogP contribution in [0.1, 0.15) is 102 Å². The summed E-state index contributed by atoms with van der Waals surface area (Å²) in [6.07, 6.45) is 1.49.